The number of aliphatic carboxylic acids is 2. The molecule has 7 N–H and O–H groups in total. The summed E-state index contributed by atoms with van der Waals surface area (Å²) in [6.45, 7) is 55.4. The van der Waals surface area contributed by atoms with Crippen molar-refractivity contribution in [2.75, 3.05) is 13.1 Å². The van der Waals surface area contributed by atoms with E-state index in [0.29, 0.717) is 45.2 Å². The maximum absolute atomic E-state index is 14.2. The molecule has 0 heterocycles. The number of ether oxygens (including phenoxy) is 2. The molecule has 0 saturated heterocycles. The number of benzene rings is 6. The molecule has 0 saturated carbocycles. The molecule has 0 aromatic heterocycles. The van der Waals surface area contributed by atoms with Gasteiger partial charge in [-0.25, -0.2) is 28.8 Å². The van der Waals surface area contributed by atoms with Crippen LogP contribution in [0.1, 0.15) is 251 Å². The van der Waals surface area contributed by atoms with E-state index < -0.39 is 133 Å². The Hall–Kier alpha value is -9.71. The van der Waals surface area contributed by atoms with E-state index in [-0.39, 0.29) is 88.4 Å². The second-order valence-electron chi connectivity index (χ2n) is 40.4. The first kappa shape index (κ1) is 112. The molecule has 0 aliphatic carbocycles. The number of alkyl carbamates (subject to hydrolysis) is 2. The minimum absolute atomic E-state index is 0.0629. The van der Waals surface area contributed by atoms with E-state index in [1.807, 2.05) is 165 Å². The number of hydrogen-bond donors (Lipinski definition) is 7. The topological polar surface area (TPSA) is 327 Å². The lowest BCUT2D eigenvalue weighted by atomic mass is 9.91. The molecule has 0 unspecified atom stereocenters. The zero-order chi connectivity index (χ0) is 97.3. The Morgan fingerprint density at radius 3 is 0.814 bits per heavy atom. The van der Waals surface area contributed by atoms with Gasteiger partial charge in [-0.2, -0.15) is 0 Å². The lowest BCUT2D eigenvalue weighted by molar-refractivity contribution is -0.144. The second-order valence-corrected chi connectivity index (χ2v) is 60.9. The molecule has 129 heavy (non-hydrogen) atoms. The van der Waals surface area contributed by atoms with Crippen LogP contribution in [0.5, 0.6) is 0 Å². The average molecular weight is 1850 g/mol. The van der Waals surface area contributed by atoms with Crippen LogP contribution in [0, 0.1) is 11.8 Å². The molecule has 0 aliphatic heterocycles. The highest BCUT2D eigenvalue weighted by molar-refractivity contribution is 6.81. The van der Waals surface area contributed by atoms with Crippen molar-refractivity contribution in [2.45, 2.75) is 334 Å². The molecule has 5 amide bonds. The predicted octanol–water partition coefficient (Wildman–Crippen LogP) is 22.9. The summed E-state index contributed by atoms with van der Waals surface area (Å²) in [5, 5.41) is 32.3. The molecule has 27 heteroatoms. The number of carbonyl (C=O) groups is 10. The zero-order valence-electron chi connectivity index (χ0n) is 82.3. The van der Waals surface area contributed by atoms with Crippen LogP contribution in [0.2, 0.25) is 52.9 Å². The van der Waals surface area contributed by atoms with Gasteiger partial charge >= 0.3 is 42.4 Å². The summed E-state index contributed by atoms with van der Waals surface area (Å²) in [6, 6.07) is 55.6. The van der Waals surface area contributed by atoms with Gasteiger partial charge in [-0.15, -0.1) is 0 Å². The standard InChI is InChI=1S/C40H64N2O7Si2.C37H56N2O7Si.C25H35NO4Si/c1-29(2)51(30(3)4,40(8,9)33-24-17-14-18-25-33)49-38(46)42-34(27-31-21-15-13-16-22-31)35(43)28-32(36(44)48-50(10,11)12)23-19-20-26-41-37(45)47-39(5,6)7;1-26(2)47(27(3)4,37(8,9)30-21-14-11-15-22-30)46-35(44)39-31(24-28-18-12-10-13-19-28)32(40)25-29(33(41)42)20-16-17-23-38-34(43)45-36(5,6)7;1-18(2)31(19(3)4,25(5,6)21-15-11-8-12-16-21)30-24(29)26-22(23(27)28)17-20-13-9-7-10-14-20/h13-18,21-22,24-25,29-30,32,34H,19-20,23,26-28H2,1-12H3,(H,41,45)(H,42,46);10-15,18-19,21-22,26-27,29,31H,16-17,20,23-25H2,1-9H3,(H,38,43)(H,39,44)(H,41,42);7-16,18-19,22H,17H2,1-6H3,(H,26,29)(H,27,28)/t32-,34+;29-,31+;22-/m110/s1. The van der Waals surface area contributed by atoms with Crippen molar-refractivity contribution in [1.29, 1.82) is 0 Å². The van der Waals surface area contributed by atoms with Crippen molar-refractivity contribution in [1.82, 2.24) is 26.6 Å². The Kier molecular flexibility index (Phi) is 43.8. The third-order valence-electron chi connectivity index (χ3n) is 24.4. The summed E-state index contributed by atoms with van der Waals surface area (Å²) in [5.41, 5.74) is 5.21. The summed E-state index contributed by atoms with van der Waals surface area (Å²) >= 11 is 0. The molecule has 0 radical (unpaired) electrons. The minimum atomic E-state index is -2.93. The summed E-state index contributed by atoms with van der Waals surface area (Å²) in [7, 11) is -10.9. The van der Waals surface area contributed by atoms with Gasteiger partial charge in [0.15, 0.2) is 11.6 Å². The summed E-state index contributed by atoms with van der Waals surface area (Å²) in [4.78, 5) is 130. The van der Waals surface area contributed by atoms with Crippen LogP contribution < -0.4 is 26.6 Å². The number of hydrogen-bond acceptors (Lipinski definition) is 16. The van der Waals surface area contributed by atoms with Gasteiger partial charge in [0, 0.05) is 47.5 Å². The van der Waals surface area contributed by atoms with Crippen molar-refractivity contribution >= 4 is 93.2 Å². The van der Waals surface area contributed by atoms with Gasteiger partial charge in [0.05, 0.1) is 23.9 Å². The largest absolute Gasteiger partial charge is 0.520 e. The Morgan fingerprint density at radius 2 is 0.566 bits per heavy atom. The van der Waals surface area contributed by atoms with Crippen LogP contribution in [-0.4, -0.2) is 146 Å². The van der Waals surface area contributed by atoms with Gasteiger partial charge in [-0.1, -0.05) is 319 Å². The number of unbranched alkanes of at least 4 members (excludes halogenated alkanes) is 2. The summed E-state index contributed by atoms with van der Waals surface area (Å²) < 4.78 is 36.0. The third-order valence-corrected chi connectivity index (χ3v) is 43.8. The van der Waals surface area contributed by atoms with Crippen LogP contribution in [0.4, 0.5) is 24.0 Å². The molecule has 6 rings (SSSR count). The molecule has 5 atom stereocenters. The molecule has 0 aliphatic rings. The Labute approximate surface area is 774 Å². The normalized spacial score (nSPS) is 13.5. The maximum Gasteiger partial charge on any atom is 0.407 e. The van der Waals surface area contributed by atoms with E-state index in [1.165, 1.54) is 0 Å². The van der Waals surface area contributed by atoms with E-state index >= 15 is 0 Å². The highest BCUT2D eigenvalue weighted by Gasteiger charge is 2.61. The number of nitrogens with one attached hydrogen (secondary N) is 5. The highest BCUT2D eigenvalue weighted by atomic mass is 28.4. The molecule has 6 aromatic rings. The van der Waals surface area contributed by atoms with Crippen molar-refractivity contribution in [3.8, 4) is 0 Å². The first-order valence-electron chi connectivity index (χ1n) is 46.0. The number of carboxylic acid groups (broad SMARTS) is 2. The van der Waals surface area contributed by atoms with Gasteiger partial charge in [0.1, 0.15) is 17.2 Å². The first-order valence-corrected chi connectivity index (χ1v) is 55.6. The van der Waals surface area contributed by atoms with Crippen molar-refractivity contribution in [3.63, 3.8) is 0 Å². The van der Waals surface area contributed by atoms with Gasteiger partial charge < -0.3 is 64.0 Å². The van der Waals surface area contributed by atoms with Crippen LogP contribution in [-0.2, 0) is 85.5 Å². The van der Waals surface area contributed by atoms with E-state index in [9.17, 15) is 58.2 Å². The van der Waals surface area contributed by atoms with E-state index in [1.54, 1.807) is 41.5 Å². The van der Waals surface area contributed by atoms with Crippen molar-refractivity contribution in [2.24, 2.45) is 11.8 Å². The SMILES string of the molecule is CC(C)[Si](OC(=O)N[C@@H](Cc1ccccc1)C(=O)C[C@@H](CCCCNC(=O)OC(C)(C)C)C(=O)O)(C(C)C)C(C)(C)c1ccccc1.CC(C)[Si](OC(=O)N[C@@H](Cc1ccccc1)C(=O)C[C@@H](CCCCNC(=O)OC(C)(C)C)C(=O)O[Si](C)(C)C)(C(C)C)C(C)(C)c1ccccc1.CC(C)[Si](OC(=O)N[C@@H](Cc1ccccc1)C(=O)O)(C(C)C)C(C)(C)c1ccccc1. The van der Waals surface area contributed by atoms with Crippen molar-refractivity contribution in [3.05, 3.63) is 215 Å². The van der Waals surface area contributed by atoms with E-state index in [2.05, 4.69) is 188 Å². The monoisotopic (exact) mass is 1850 g/mol. The number of rotatable bonds is 44. The number of carboxylic acids is 2. The summed E-state index contributed by atoms with van der Waals surface area (Å²) in [6.07, 6.45) is 0.236. The average Bonchev–Trinajstić information content (AvgIpc) is 0.753. The third kappa shape index (κ3) is 33.9. The number of carbonyl (C=O) groups excluding carboxylic acids is 8. The van der Waals surface area contributed by atoms with E-state index in [0.717, 1.165) is 33.4 Å². The first-order chi connectivity index (χ1) is 60.0. The van der Waals surface area contributed by atoms with E-state index in [4.69, 9.17) is 27.2 Å². The van der Waals surface area contributed by atoms with Crippen LogP contribution >= 0.6 is 0 Å². The maximum atomic E-state index is 14.2. The fourth-order valence-corrected chi connectivity index (χ4v) is 37.2. The lowest BCUT2D eigenvalue weighted by Gasteiger charge is -2.49. The Bertz CT molecular complexity index is 4450. The van der Waals surface area contributed by atoms with Gasteiger partial charge in [0.2, 0.25) is 8.32 Å². The minimum Gasteiger partial charge on any atom is -0.520 e. The quantitative estimate of drug-likeness (QED) is 0.0138. The highest BCUT2D eigenvalue weighted by Crippen LogP contribution is 2.51. The van der Waals surface area contributed by atoms with Gasteiger partial charge in [-0.05, 0) is 166 Å². The fourth-order valence-electron chi connectivity index (χ4n) is 18.7. The zero-order valence-corrected chi connectivity index (χ0v) is 86.3. The van der Waals surface area contributed by atoms with Crippen LogP contribution in [0.15, 0.2) is 182 Å². The molecular weight excluding hydrogens is 1700 g/mol. The molecule has 0 bridgehead atoms. The lowest BCUT2D eigenvalue weighted by Crippen LogP contribution is -2.62. The smallest absolute Gasteiger partial charge is 0.407 e. The second kappa shape index (κ2) is 50.6. The van der Waals surface area contributed by atoms with Crippen molar-refractivity contribution < 1.29 is 85.3 Å². The fraction of sp³-hybridized carbons (Fsp3) is 0.549. The van der Waals surface area contributed by atoms with Gasteiger partial charge in [0.25, 0.3) is 30.9 Å². The Morgan fingerprint density at radius 1 is 0.318 bits per heavy atom. The summed E-state index contributed by atoms with van der Waals surface area (Å²) in [5.74, 6) is -4.81. The Balaban J connectivity index is 0.000000417. The number of amides is 5. The van der Waals surface area contributed by atoms with Crippen LogP contribution in [0.25, 0.3) is 0 Å². The molecule has 6 aromatic carbocycles. The predicted molar refractivity (Wildman–Crippen MR) is 524 cm³/mol. The molecule has 712 valence electrons. The molecule has 23 nitrogen and oxygen atoms in total. The number of Topliss-reactive ketones (excluding diaryl/α,β-unsaturated/α-hetero) is 2. The molecule has 0 fully saturated rings. The van der Waals surface area contributed by atoms with Gasteiger partial charge in [-0.3, -0.25) is 19.2 Å². The molecular formula is C102H155N5O18Si4. The number of ketones is 2. The van der Waals surface area contributed by atoms with Crippen LogP contribution in [0.3, 0.4) is 0 Å². The molecule has 0 spiro atoms.